The molecule has 32 heavy (non-hydrogen) atoms. The van der Waals surface area contributed by atoms with Gasteiger partial charge in [-0.05, 0) is 37.3 Å². The number of benzene rings is 1. The zero-order valence-corrected chi connectivity index (χ0v) is 16.5. The highest BCUT2D eigenvalue weighted by molar-refractivity contribution is 5.69. The van der Waals surface area contributed by atoms with E-state index in [0.29, 0.717) is 23.4 Å². The van der Waals surface area contributed by atoms with Crippen LogP contribution >= 0.6 is 0 Å². The van der Waals surface area contributed by atoms with Crippen LogP contribution in [0.2, 0.25) is 0 Å². The highest BCUT2D eigenvalue weighted by Crippen LogP contribution is 2.40. The molecule has 0 spiro atoms. The number of hydrogen-bond acceptors (Lipinski definition) is 6. The van der Waals surface area contributed by atoms with Crippen molar-refractivity contribution in [1.82, 2.24) is 15.0 Å². The molecule has 3 N–H and O–H groups in total. The van der Waals surface area contributed by atoms with Gasteiger partial charge in [0.2, 0.25) is 5.95 Å². The number of pyridine rings is 1. The maximum absolute atomic E-state index is 13.5. The number of aliphatic hydroxyl groups excluding tert-OH is 1. The minimum Gasteiger partial charge on any atom is -0.394 e. The lowest BCUT2D eigenvalue weighted by atomic mass is 10.1. The van der Waals surface area contributed by atoms with Gasteiger partial charge in [0, 0.05) is 30.1 Å². The Morgan fingerprint density at radius 3 is 2.22 bits per heavy atom. The zero-order valence-electron chi connectivity index (χ0n) is 16.5. The molecule has 1 aromatic carbocycles. The largest absolute Gasteiger partial charge is 0.418 e. The molecule has 3 aromatic rings. The van der Waals surface area contributed by atoms with Gasteiger partial charge in [0.25, 0.3) is 0 Å². The van der Waals surface area contributed by atoms with Crippen LogP contribution in [0.1, 0.15) is 18.1 Å². The van der Waals surface area contributed by atoms with Gasteiger partial charge in [0.05, 0.1) is 29.1 Å². The summed E-state index contributed by atoms with van der Waals surface area (Å²) in [5.41, 5.74) is -2.62. The van der Waals surface area contributed by atoms with E-state index in [1.807, 2.05) is 0 Å². The second kappa shape index (κ2) is 8.99. The fraction of sp³-hybridized carbons (Fsp3) is 0.250. The third-order valence-electron chi connectivity index (χ3n) is 4.27. The quantitative estimate of drug-likeness (QED) is 0.446. The molecule has 0 fully saturated rings. The summed E-state index contributed by atoms with van der Waals surface area (Å²) < 4.78 is 79.2. The first kappa shape index (κ1) is 23.3. The van der Waals surface area contributed by atoms with Crippen LogP contribution in [0, 0.1) is 0 Å². The van der Waals surface area contributed by atoms with E-state index in [9.17, 15) is 31.4 Å². The van der Waals surface area contributed by atoms with Crippen LogP contribution in [0.25, 0.3) is 11.3 Å². The Balaban J connectivity index is 2.07. The third-order valence-corrected chi connectivity index (χ3v) is 4.27. The van der Waals surface area contributed by atoms with Crippen LogP contribution in [0.5, 0.6) is 0 Å². The molecule has 0 radical (unpaired) electrons. The molecule has 12 heteroatoms. The topological polar surface area (TPSA) is 83.0 Å². The minimum absolute atomic E-state index is 0.00355. The highest BCUT2D eigenvalue weighted by atomic mass is 19.4. The van der Waals surface area contributed by atoms with Crippen LogP contribution < -0.4 is 10.6 Å². The number of aliphatic hydroxyl groups is 1. The molecule has 0 aliphatic rings. The number of anilines is 3. The van der Waals surface area contributed by atoms with Crippen molar-refractivity contribution in [3.05, 3.63) is 59.9 Å². The van der Waals surface area contributed by atoms with E-state index in [0.717, 1.165) is 0 Å². The van der Waals surface area contributed by atoms with Crippen LogP contribution in [-0.2, 0) is 12.4 Å². The van der Waals surface area contributed by atoms with Gasteiger partial charge >= 0.3 is 12.4 Å². The zero-order chi connectivity index (χ0) is 23.5. The summed E-state index contributed by atoms with van der Waals surface area (Å²) in [5, 5.41) is 14.5. The molecule has 0 saturated heterocycles. The monoisotopic (exact) mass is 457 g/mol. The second-order valence-corrected chi connectivity index (χ2v) is 6.81. The van der Waals surface area contributed by atoms with Crippen molar-refractivity contribution in [3.8, 4) is 11.3 Å². The van der Waals surface area contributed by atoms with Gasteiger partial charge in [-0.1, -0.05) is 0 Å². The molecule has 170 valence electrons. The van der Waals surface area contributed by atoms with E-state index in [2.05, 4.69) is 25.6 Å². The Morgan fingerprint density at radius 1 is 0.938 bits per heavy atom. The lowest BCUT2D eigenvalue weighted by Crippen LogP contribution is -2.21. The summed E-state index contributed by atoms with van der Waals surface area (Å²) in [5.74, 6) is -0.0893. The Bertz CT molecular complexity index is 1070. The lowest BCUT2D eigenvalue weighted by Gasteiger charge is -2.18. The fourth-order valence-corrected chi connectivity index (χ4v) is 2.71. The minimum atomic E-state index is -5.04. The maximum atomic E-state index is 13.5. The van der Waals surface area contributed by atoms with Gasteiger partial charge in [-0.2, -0.15) is 31.3 Å². The van der Waals surface area contributed by atoms with Gasteiger partial charge in [0.15, 0.2) is 0 Å². The van der Waals surface area contributed by atoms with Crippen molar-refractivity contribution in [2.24, 2.45) is 0 Å². The number of nitrogens with zero attached hydrogens (tertiary/aromatic N) is 3. The van der Waals surface area contributed by atoms with Gasteiger partial charge in [0.1, 0.15) is 5.82 Å². The van der Waals surface area contributed by atoms with E-state index in [1.54, 1.807) is 19.1 Å². The van der Waals surface area contributed by atoms with Crippen LogP contribution in [-0.4, -0.2) is 32.7 Å². The molecule has 6 nitrogen and oxygen atoms in total. The van der Waals surface area contributed by atoms with Crippen molar-refractivity contribution in [2.45, 2.75) is 25.3 Å². The Hall–Kier alpha value is -3.41. The number of halogens is 6. The molecular formula is C20H17F6N5O. The lowest BCUT2D eigenvalue weighted by molar-refractivity contribution is -0.142. The molecule has 0 aliphatic carbocycles. The molecule has 1 atom stereocenters. The number of aromatic nitrogens is 3. The van der Waals surface area contributed by atoms with Crippen molar-refractivity contribution in [2.75, 3.05) is 17.2 Å². The number of nitrogens with one attached hydrogen (secondary N) is 2. The average molecular weight is 457 g/mol. The molecule has 2 heterocycles. The first-order valence-corrected chi connectivity index (χ1v) is 9.19. The molecule has 0 amide bonds. The Kier molecular flexibility index (Phi) is 6.53. The molecule has 2 aromatic heterocycles. The predicted molar refractivity (Wildman–Crippen MR) is 105 cm³/mol. The predicted octanol–water partition coefficient (Wildman–Crippen LogP) is 5.11. The van der Waals surface area contributed by atoms with Gasteiger partial charge < -0.3 is 15.7 Å². The van der Waals surface area contributed by atoms with Gasteiger partial charge in [-0.15, -0.1) is 0 Å². The van der Waals surface area contributed by atoms with E-state index in [4.69, 9.17) is 0 Å². The Morgan fingerprint density at radius 2 is 1.62 bits per heavy atom. The number of hydrogen-bond donors (Lipinski definition) is 3. The first-order chi connectivity index (χ1) is 15.0. The summed E-state index contributed by atoms with van der Waals surface area (Å²) in [6.45, 7) is 1.37. The summed E-state index contributed by atoms with van der Waals surface area (Å²) >= 11 is 0. The molecule has 0 bridgehead atoms. The maximum Gasteiger partial charge on any atom is 0.418 e. The highest BCUT2D eigenvalue weighted by Gasteiger charge is 2.38. The molecule has 0 saturated carbocycles. The Labute approximate surface area is 178 Å². The van der Waals surface area contributed by atoms with Crippen LogP contribution in [0.4, 0.5) is 43.8 Å². The van der Waals surface area contributed by atoms with E-state index in [1.165, 1.54) is 18.5 Å². The smallest absolute Gasteiger partial charge is 0.394 e. The molecular weight excluding hydrogens is 440 g/mol. The SMILES string of the molecule is C[C@@H](CO)Nc1nc(Nc2ccc(C(F)(F)F)cc2C(F)(F)F)cc(-c2ccncc2)n1. The molecule has 0 aliphatic heterocycles. The summed E-state index contributed by atoms with van der Waals surface area (Å²) in [6, 6.07) is 5.41. The van der Waals surface area contributed by atoms with Crippen molar-refractivity contribution in [1.29, 1.82) is 0 Å². The van der Waals surface area contributed by atoms with Crippen LogP contribution in [0.15, 0.2) is 48.8 Å². The molecule has 3 rings (SSSR count). The first-order valence-electron chi connectivity index (χ1n) is 9.19. The average Bonchev–Trinajstić information content (AvgIpc) is 2.73. The van der Waals surface area contributed by atoms with E-state index in [-0.39, 0.29) is 24.4 Å². The summed E-state index contributed by atoms with van der Waals surface area (Å²) in [4.78, 5) is 12.3. The van der Waals surface area contributed by atoms with E-state index < -0.39 is 35.2 Å². The van der Waals surface area contributed by atoms with Gasteiger partial charge in [-0.25, -0.2) is 4.98 Å². The van der Waals surface area contributed by atoms with Crippen molar-refractivity contribution >= 4 is 17.5 Å². The normalized spacial score (nSPS) is 13.0. The number of alkyl halides is 6. The van der Waals surface area contributed by atoms with E-state index >= 15 is 0 Å². The summed E-state index contributed by atoms with van der Waals surface area (Å²) in [7, 11) is 0. The van der Waals surface area contributed by atoms with Crippen LogP contribution in [0.3, 0.4) is 0 Å². The van der Waals surface area contributed by atoms with Crippen molar-refractivity contribution in [3.63, 3.8) is 0 Å². The standard InChI is InChI=1S/C20H17F6N5O/c1-11(10-32)28-18-30-16(12-4-6-27-7-5-12)9-17(31-18)29-15-3-2-13(19(21,22)23)8-14(15)20(24,25)26/h2-9,11,32H,10H2,1H3,(H2,28,29,30,31)/t11-/m0/s1. The summed E-state index contributed by atoms with van der Waals surface area (Å²) in [6.07, 6.45) is -6.99. The number of rotatable bonds is 6. The third kappa shape index (κ3) is 5.63. The van der Waals surface area contributed by atoms with Crippen molar-refractivity contribution < 1.29 is 31.4 Å². The second-order valence-electron chi connectivity index (χ2n) is 6.81. The van der Waals surface area contributed by atoms with Gasteiger partial charge in [-0.3, -0.25) is 4.98 Å². The molecule has 0 unspecified atom stereocenters. The fourth-order valence-electron chi connectivity index (χ4n) is 2.71.